The molecule has 0 aromatic rings. The molecule has 0 aromatic heterocycles. The highest BCUT2D eigenvalue weighted by atomic mass is 16.5. The third-order valence-corrected chi connectivity index (χ3v) is 7.95. The largest absolute Gasteiger partial charge is 0.469 e. The van der Waals surface area contributed by atoms with E-state index < -0.39 is 0 Å². The lowest BCUT2D eigenvalue weighted by Gasteiger charge is -2.47. The van der Waals surface area contributed by atoms with Gasteiger partial charge in [0.1, 0.15) is 0 Å². The molecule has 3 rings (SSSR count). The Morgan fingerprint density at radius 1 is 1.26 bits per heavy atom. The van der Waals surface area contributed by atoms with Crippen LogP contribution in [0.5, 0.6) is 0 Å². The summed E-state index contributed by atoms with van der Waals surface area (Å²) in [6, 6.07) is 0. The number of Topliss-reactive ketones (excluding diaryl/α,β-unsaturated/α-hetero) is 1. The molecule has 0 saturated heterocycles. The third-order valence-electron chi connectivity index (χ3n) is 7.95. The summed E-state index contributed by atoms with van der Waals surface area (Å²) < 4.78 is 11.2. The summed E-state index contributed by atoms with van der Waals surface area (Å²) in [5.74, 6) is 0.624. The molecule has 0 aliphatic heterocycles. The first kappa shape index (κ1) is 20.6. The maximum atomic E-state index is 13.0. The molecule has 2 saturated carbocycles. The van der Waals surface area contributed by atoms with Gasteiger partial charge >= 0.3 is 5.97 Å². The van der Waals surface area contributed by atoms with Gasteiger partial charge in [-0.2, -0.15) is 0 Å². The van der Waals surface area contributed by atoms with Crippen LogP contribution in [0.25, 0.3) is 0 Å². The predicted molar refractivity (Wildman–Crippen MR) is 105 cm³/mol. The molecule has 27 heavy (non-hydrogen) atoms. The molecule has 152 valence electrons. The number of ketones is 1. The summed E-state index contributed by atoms with van der Waals surface area (Å²) >= 11 is 0. The van der Waals surface area contributed by atoms with E-state index in [1.54, 1.807) is 0 Å². The average molecular weight is 377 g/mol. The Hall–Kier alpha value is -1.16. The zero-order valence-electron chi connectivity index (χ0n) is 17.8. The van der Waals surface area contributed by atoms with E-state index >= 15 is 0 Å². The molecule has 0 N–H and O–H groups in total. The normalized spacial score (nSPS) is 41.6. The molecule has 6 atom stereocenters. The van der Waals surface area contributed by atoms with Gasteiger partial charge in [0.05, 0.1) is 19.1 Å². The molecular formula is C23H36O4. The number of carbonyl (C=O) groups is 2. The van der Waals surface area contributed by atoms with Crippen molar-refractivity contribution < 1.29 is 19.1 Å². The van der Waals surface area contributed by atoms with Crippen molar-refractivity contribution >= 4 is 11.8 Å². The second-order valence-electron chi connectivity index (χ2n) is 9.74. The van der Waals surface area contributed by atoms with Gasteiger partial charge in [0, 0.05) is 13.0 Å². The molecule has 3 aliphatic rings. The van der Waals surface area contributed by atoms with Gasteiger partial charge < -0.3 is 9.47 Å². The summed E-state index contributed by atoms with van der Waals surface area (Å²) in [5.41, 5.74) is 0.906. The number of methoxy groups -OCH3 is 1. The molecule has 0 bridgehead atoms. The number of allylic oxidation sites excluding steroid dienone is 2. The SMILES string of the molecule is CCO[C@H]1CC[C@@]2(C)CC[C@@]3(C)C(=C[C@H]2[C@H]1C(=O)OC)C(=O)C[C@@H]3C(C)C. The number of rotatable bonds is 4. The Balaban J connectivity index is 2.08. The Morgan fingerprint density at radius 2 is 1.96 bits per heavy atom. The van der Waals surface area contributed by atoms with Gasteiger partial charge in [-0.05, 0) is 66.8 Å². The Bertz CT molecular complexity index is 636. The number of fused-ring (bicyclic) bond motifs is 2. The second-order valence-corrected chi connectivity index (χ2v) is 9.74. The molecule has 0 amide bonds. The van der Waals surface area contributed by atoms with Crippen molar-refractivity contribution in [1.82, 2.24) is 0 Å². The van der Waals surface area contributed by atoms with E-state index in [-0.39, 0.29) is 40.5 Å². The van der Waals surface area contributed by atoms with Crippen molar-refractivity contribution in [1.29, 1.82) is 0 Å². The van der Waals surface area contributed by atoms with Crippen LogP contribution in [-0.4, -0.2) is 31.6 Å². The van der Waals surface area contributed by atoms with Crippen molar-refractivity contribution in [3.63, 3.8) is 0 Å². The van der Waals surface area contributed by atoms with E-state index in [4.69, 9.17) is 9.47 Å². The van der Waals surface area contributed by atoms with Crippen LogP contribution in [0.1, 0.15) is 66.7 Å². The lowest BCUT2D eigenvalue weighted by molar-refractivity contribution is -0.161. The van der Waals surface area contributed by atoms with Gasteiger partial charge in [0.15, 0.2) is 5.78 Å². The highest BCUT2D eigenvalue weighted by Crippen LogP contribution is 2.60. The maximum Gasteiger partial charge on any atom is 0.311 e. The van der Waals surface area contributed by atoms with E-state index in [1.807, 2.05) is 6.92 Å². The Labute approximate surface area is 164 Å². The van der Waals surface area contributed by atoms with Crippen LogP contribution in [0.2, 0.25) is 0 Å². The van der Waals surface area contributed by atoms with Crippen LogP contribution in [0.3, 0.4) is 0 Å². The number of ether oxygens (including phenoxy) is 2. The summed E-state index contributed by atoms with van der Waals surface area (Å²) in [6.07, 6.45) is 6.66. The number of hydrogen-bond donors (Lipinski definition) is 0. The molecule has 0 heterocycles. The third kappa shape index (κ3) is 3.28. The smallest absolute Gasteiger partial charge is 0.311 e. The van der Waals surface area contributed by atoms with Crippen LogP contribution >= 0.6 is 0 Å². The first-order valence-corrected chi connectivity index (χ1v) is 10.6. The van der Waals surface area contributed by atoms with Gasteiger partial charge in [-0.1, -0.05) is 33.8 Å². The van der Waals surface area contributed by atoms with E-state index in [0.29, 0.717) is 24.9 Å². The zero-order chi connectivity index (χ0) is 20.0. The van der Waals surface area contributed by atoms with E-state index in [2.05, 4.69) is 33.8 Å². The molecule has 0 spiro atoms. The van der Waals surface area contributed by atoms with Crippen LogP contribution in [0, 0.1) is 34.5 Å². The number of carbonyl (C=O) groups excluding carboxylic acids is 2. The molecule has 4 nitrogen and oxygen atoms in total. The van der Waals surface area contributed by atoms with Crippen molar-refractivity contribution in [3.8, 4) is 0 Å². The van der Waals surface area contributed by atoms with Crippen LogP contribution in [0.4, 0.5) is 0 Å². The first-order chi connectivity index (χ1) is 12.7. The fourth-order valence-electron chi connectivity index (χ4n) is 6.27. The fraction of sp³-hybridized carbons (Fsp3) is 0.826. The van der Waals surface area contributed by atoms with Gasteiger partial charge in [-0.25, -0.2) is 0 Å². The summed E-state index contributed by atoms with van der Waals surface area (Å²) in [7, 11) is 1.46. The first-order valence-electron chi connectivity index (χ1n) is 10.6. The molecule has 0 radical (unpaired) electrons. The zero-order valence-corrected chi connectivity index (χ0v) is 17.8. The lowest BCUT2D eigenvalue weighted by Crippen LogP contribution is -2.48. The summed E-state index contributed by atoms with van der Waals surface area (Å²) in [5, 5.41) is 0. The number of esters is 1. The fourth-order valence-corrected chi connectivity index (χ4v) is 6.27. The monoisotopic (exact) mass is 376 g/mol. The topological polar surface area (TPSA) is 52.6 Å². The van der Waals surface area contributed by atoms with Crippen molar-refractivity contribution in [3.05, 3.63) is 11.6 Å². The van der Waals surface area contributed by atoms with Crippen molar-refractivity contribution in [2.24, 2.45) is 34.5 Å². The van der Waals surface area contributed by atoms with Gasteiger partial charge in [-0.3, -0.25) is 9.59 Å². The van der Waals surface area contributed by atoms with E-state index in [0.717, 1.165) is 31.3 Å². The van der Waals surface area contributed by atoms with Crippen LogP contribution < -0.4 is 0 Å². The number of hydrogen-bond acceptors (Lipinski definition) is 4. The van der Waals surface area contributed by atoms with Crippen LogP contribution in [-0.2, 0) is 19.1 Å². The van der Waals surface area contributed by atoms with Crippen molar-refractivity contribution in [2.75, 3.05) is 13.7 Å². The highest BCUT2D eigenvalue weighted by molar-refractivity contribution is 5.99. The minimum atomic E-state index is -0.325. The molecule has 3 aliphatic carbocycles. The van der Waals surface area contributed by atoms with Crippen LogP contribution in [0.15, 0.2) is 11.6 Å². The maximum absolute atomic E-state index is 13.0. The lowest BCUT2D eigenvalue weighted by atomic mass is 9.59. The van der Waals surface area contributed by atoms with Gasteiger partial charge in [0.2, 0.25) is 0 Å². The standard InChI is InChI=1S/C23H36O4/c1-7-27-19-8-9-22(4)10-11-23(5)15(14(2)3)13-18(24)16(23)12-17(22)20(19)21(25)26-6/h12,14-15,17,19-20H,7-11,13H2,1-6H3/t15-,17+,19+,20-,22+,23-/m1/s1. The highest BCUT2D eigenvalue weighted by Gasteiger charge is 2.56. The minimum absolute atomic E-state index is 0.00179. The summed E-state index contributed by atoms with van der Waals surface area (Å²) in [6.45, 7) is 11.6. The van der Waals surface area contributed by atoms with Gasteiger partial charge in [-0.15, -0.1) is 0 Å². The quantitative estimate of drug-likeness (QED) is 0.675. The minimum Gasteiger partial charge on any atom is -0.469 e. The molecule has 0 aromatic carbocycles. The molecular weight excluding hydrogens is 340 g/mol. The Kier molecular flexibility index (Phi) is 5.60. The van der Waals surface area contributed by atoms with Gasteiger partial charge in [0.25, 0.3) is 0 Å². The second kappa shape index (κ2) is 7.35. The average Bonchev–Trinajstić information content (AvgIpc) is 2.80. The summed E-state index contributed by atoms with van der Waals surface area (Å²) in [4.78, 5) is 25.8. The van der Waals surface area contributed by atoms with E-state index in [1.165, 1.54) is 7.11 Å². The predicted octanol–water partition coefficient (Wildman–Crippen LogP) is 4.57. The van der Waals surface area contributed by atoms with E-state index in [9.17, 15) is 9.59 Å². The van der Waals surface area contributed by atoms with Crippen molar-refractivity contribution in [2.45, 2.75) is 72.8 Å². The molecule has 0 unspecified atom stereocenters. The molecule has 2 fully saturated rings. The Morgan fingerprint density at radius 3 is 2.56 bits per heavy atom. The molecule has 4 heteroatoms.